The fraction of sp³-hybridized carbons (Fsp3) is 0.714. The van der Waals surface area contributed by atoms with Gasteiger partial charge in [-0.05, 0) is 39.8 Å². The molecule has 0 saturated carbocycles. The number of carboxylic acids is 1. The standard InChI is InChI=1S/C14H23N3O2S/c1-14(2,12(18)19)11-9-20-13(15-11)17(4)8-10-5-6-16(3)7-10/h9-10H,5-8H2,1-4H3,(H,18,19). The molecule has 0 aliphatic carbocycles. The van der Waals surface area contributed by atoms with Gasteiger partial charge in [0.25, 0.3) is 0 Å². The summed E-state index contributed by atoms with van der Waals surface area (Å²) in [6.45, 7) is 6.65. The minimum atomic E-state index is -0.927. The maximum atomic E-state index is 11.3. The second-order valence-electron chi connectivity index (χ2n) is 6.24. The zero-order valence-electron chi connectivity index (χ0n) is 12.6. The Morgan fingerprint density at radius 2 is 2.35 bits per heavy atom. The number of thiazole rings is 1. The molecule has 1 aromatic heterocycles. The first-order valence-corrected chi connectivity index (χ1v) is 7.77. The number of nitrogens with zero attached hydrogens (tertiary/aromatic N) is 3. The summed E-state index contributed by atoms with van der Waals surface area (Å²) in [6.07, 6.45) is 1.22. The molecule has 1 atom stereocenters. The first-order chi connectivity index (χ1) is 9.30. The number of aliphatic carboxylic acids is 1. The third-order valence-corrected chi connectivity index (χ3v) is 4.97. The molecule has 112 valence electrons. The first-order valence-electron chi connectivity index (χ1n) is 6.89. The van der Waals surface area contributed by atoms with Gasteiger partial charge in [0, 0.05) is 25.5 Å². The number of carbonyl (C=O) groups is 1. The monoisotopic (exact) mass is 297 g/mol. The lowest BCUT2D eigenvalue weighted by atomic mass is 9.90. The summed E-state index contributed by atoms with van der Waals surface area (Å²) in [5.74, 6) is -0.167. The predicted octanol–water partition coefficient (Wildman–Crippen LogP) is 1.89. The van der Waals surface area contributed by atoms with Crippen LogP contribution in [0.5, 0.6) is 0 Å². The fourth-order valence-corrected chi connectivity index (χ4v) is 3.45. The summed E-state index contributed by atoms with van der Waals surface area (Å²) in [4.78, 5) is 20.3. The molecule has 1 unspecified atom stereocenters. The van der Waals surface area contributed by atoms with Crippen molar-refractivity contribution in [1.29, 1.82) is 0 Å². The quantitative estimate of drug-likeness (QED) is 0.899. The molecule has 0 spiro atoms. The van der Waals surface area contributed by atoms with Gasteiger partial charge in [-0.25, -0.2) is 4.98 Å². The Bertz CT molecular complexity index is 487. The third-order valence-electron chi connectivity index (χ3n) is 4.01. The van der Waals surface area contributed by atoms with Crippen molar-refractivity contribution < 1.29 is 9.90 Å². The van der Waals surface area contributed by atoms with Crippen LogP contribution in [0.4, 0.5) is 5.13 Å². The molecular formula is C14H23N3O2S. The Kier molecular flexibility index (Phi) is 4.34. The van der Waals surface area contributed by atoms with Crippen molar-refractivity contribution in [1.82, 2.24) is 9.88 Å². The van der Waals surface area contributed by atoms with Crippen LogP contribution < -0.4 is 4.90 Å². The maximum Gasteiger partial charge on any atom is 0.315 e. The summed E-state index contributed by atoms with van der Waals surface area (Å²) in [5, 5.41) is 12.0. The maximum absolute atomic E-state index is 11.3. The summed E-state index contributed by atoms with van der Waals surface area (Å²) in [7, 11) is 4.19. The van der Waals surface area contributed by atoms with Gasteiger partial charge in [0.2, 0.25) is 0 Å². The molecule has 5 nitrogen and oxygen atoms in total. The van der Waals surface area contributed by atoms with E-state index in [1.54, 1.807) is 13.8 Å². The Hall–Kier alpha value is -1.14. The number of aromatic nitrogens is 1. The van der Waals surface area contributed by atoms with Crippen LogP contribution in [0.25, 0.3) is 0 Å². The van der Waals surface area contributed by atoms with Crippen LogP contribution >= 0.6 is 11.3 Å². The summed E-state index contributed by atoms with van der Waals surface area (Å²) in [5.41, 5.74) is -0.288. The Morgan fingerprint density at radius 1 is 1.65 bits per heavy atom. The molecule has 1 N–H and O–H groups in total. The predicted molar refractivity (Wildman–Crippen MR) is 81.6 cm³/mol. The molecule has 20 heavy (non-hydrogen) atoms. The molecule has 2 heterocycles. The highest BCUT2D eigenvalue weighted by molar-refractivity contribution is 7.13. The molecule has 1 saturated heterocycles. The van der Waals surface area contributed by atoms with Gasteiger partial charge in [-0.2, -0.15) is 0 Å². The summed E-state index contributed by atoms with van der Waals surface area (Å²) >= 11 is 1.52. The van der Waals surface area contributed by atoms with Crippen molar-refractivity contribution in [3.05, 3.63) is 11.1 Å². The Labute approximate surface area is 124 Å². The lowest BCUT2D eigenvalue weighted by Crippen LogP contribution is -2.30. The van der Waals surface area contributed by atoms with E-state index in [0.717, 1.165) is 24.8 Å². The molecule has 1 aliphatic rings. The molecule has 6 heteroatoms. The van der Waals surface area contributed by atoms with E-state index >= 15 is 0 Å². The van der Waals surface area contributed by atoms with Crippen LogP contribution in [0.1, 0.15) is 26.0 Å². The lowest BCUT2D eigenvalue weighted by Gasteiger charge is -2.21. The Morgan fingerprint density at radius 3 is 2.90 bits per heavy atom. The van der Waals surface area contributed by atoms with Gasteiger partial charge in [-0.3, -0.25) is 4.79 Å². The van der Waals surface area contributed by atoms with Gasteiger partial charge in [-0.1, -0.05) is 0 Å². The third kappa shape index (κ3) is 3.12. The largest absolute Gasteiger partial charge is 0.481 e. The lowest BCUT2D eigenvalue weighted by molar-refractivity contribution is -0.142. The molecule has 1 aromatic rings. The first kappa shape index (κ1) is 15.3. The van der Waals surface area contributed by atoms with Crippen molar-refractivity contribution in [2.45, 2.75) is 25.7 Å². The van der Waals surface area contributed by atoms with Crippen molar-refractivity contribution in [2.75, 3.05) is 38.6 Å². The Balaban J connectivity index is 2.03. The van der Waals surface area contributed by atoms with Crippen LogP contribution in [0, 0.1) is 5.92 Å². The molecule has 1 fully saturated rings. The SMILES string of the molecule is CN1CCC(CN(C)c2nc(C(C)(C)C(=O)O)cs2)C1. The highest BCUT2D eigenvalue weighted by Gasteiger charge is 2.32. The topological polar surface area (TPSA) is 56.7 Å². The minimum absolute atomic E-state index is 0.639. The van der Waals surface area contributed by atoms with Gasteiger partial charge in [-0.15, -0.1) is 11.3 Å². The molecule has 0 aromatic carbocycles. The van der Waals surface area contributed by atoms with Gasteiger partial charge in [0.05, 0.1) is 5.69 Å². The van der Waals surface area contributed by atoms with Gasteiger partial charge in [0.1, 0.15) is 5.41 Å². The molecular weight excluding hydrogens is 274 g/mol. The summed E-state index contributed by atoms with van der Waals surface area (Å²) in [6, 6.07) is 0. The van der Waals surface area contributed by atoms with Crippen LogP contribution in [0.2, 0.25) is 0 Å². The van der Waals surface area contributed by atoms with Crippen molar-refractivity contribution >= 4 is 22.4 Å². The van der Waals surface area contributed by atoms with Crippen LogP contribution in [-0.2, 0) is 10.2 Å². The van der Waals surface area contributed by atoms with Crippen LogP contribution in [0.15, 0.2) is 5.38 Å². The van der Waals surface area contributed by atoms with E-state index in [4.69, 9.17) is 0 Å². The number of carboxylic acid groups (broad SMARTS) is 1. The van der Waals surface area contributed by atoms with Crippen LogP contribution in [-0.4, -0.2) is 54.7 Å². The van der Waals surface area contributed by atoms with Crippen molar-refractivity contribution in [3.8, 4) is 0 Å². The zero-order chi connectivity index (χ0) is 14.9. The minimum Gasteiger partial charge on any atom is -0.481 e. The molecule has 0 bridgehead atoms. The van der Waals surface area contributed by atoms with Gasteiger partial charge in [0.15, 0.2) is 5.13 Å². The van der Waals surface area contributed by atoms with Crippen LogP contribution in [0.3, 0.4) is 0 Å². The van der Waals surface area contributed by atoms with E-state index in [-0.39, 0.29) is 0 Å². The number of hydrogen-bond donors (Lipinski definition) is 1. The number of likely N-dealkylation sites (tertiary alicyclic amines) is 1. The second kappa shape index (κ2) is 5.69. The average molecular weight is 297 g/mol. The van der Waals surface area contributed by atoms with E-state index in [0.29, 0.717) is 11.6 Å². The van der Waals surface area contributed by atoms with Crippen molar-refractivity contribution in [2.24, 2.45) is 5.92 Å². The average Bonchev–Trinajstić information content (AvgIpc) is 2.98. The van der Waals surface area contributed by atoms with E-state index in [1.165, 1.54) is 17.8 Å². The van der Waals surface area contributed by atoms with E-state index in [1.807, 2.05) is 12.4 Å². The fourth-order valence-electron chi connectivity index (χ4n) is 2.48. The smallest absolute Gasteiger partial charge is 0.315 e. The molecule has 0 radical (unpaired) electrons. The van der Waals surface area contributed by atoms with Gasteiger partial charge < -0.3 is 14.9 Å². The number of hydrogen-bond acceptors (Lipinski definition) is 5. The zero-order valence-corrected chi connectivity index (χ0v) is 13.4. The van der Waals surface area contributed by atoms with Crippen molar-refractivity contribution in [3.63, 3.8) is 0 Å². The summed E-state index contributed by atoms with van der Waals surface area (Å²) < 4.78 is 0. The number of anilines is 1. The number of rotatable bonds is 5. The molecule has 1 aliphatic heterocycles. The molecule has 2 rings (SSSR count). The molecule has 0 amide bonds. The van der Waals surface area contributed by atoms with E-state index < -0.39 is 11.4 Å². The van der Waals surface area contributed by atoms with Gasteiger partial charge >= 0.3 is 5.97 Å². The highest BCUT2D eigenvalue weighted by atomic mass is 32.1. The van der Waals surface area contributed by atoms with E-state index in [2.05, 4.69) is 21.8 Å². The highest BCUT2D eigenvalue weighted by Crippen LogP contribution is 2.29. The second-order valence-corrected chi connectivity index (χ2v) is 7.08. The van der Waals surface area contributed by atoms with E-state index in [9.17, 15) is 9.90 Å². The normalized spacial score (nSPS) is 20.3.